The summed E-state index contributed by atoms with van der Waals surface area (Å²) < 4.78 is 5.15. The van der Waals surface area contributed by atoms with Crippen LogP contribution in [0, 0.1) is 5.92 Å². The van der Waals surface area contributed by atoms with Crippen LogP contribution in [-0.4, -0.2) is 31.0 Å². The monoisotopic (exact) mass is 313 g/mol. The first-order valence-electron chi connectivity index (χ1n) is 6.61. The van der Waals surface area contributed by atoms with Gasteiger partial charge in [0, 0.05) is 18.2 Å². The van der Waals surface area contributed by atoms with Gasteiger partial charge in [-0.2, -0.15) is 0 Å². The molecule has 0 aromatic heterocycles. The number of nitrogens with two attached hydrogens (primary N) is 2. The van der Waals surface area contributed by atoms with Crippen LogP contribution in [0.4, 0.5) is 0 Å². The molecule has 0 radical (unpaired) electrons. The highest BCUT2D eigenvalue weighted by Gasteiger charge is 2.28. The van der Waals surface area contributed by atoms with Crippen LogP contribution >= 0.6 is 12.4 Å². The largest absolute Gasteiger partial charge is 0.484 e. The first-order chi connectivity index (χ1) is 9.56. The Morgan fingerprint density at radius 3 is 2.71 bits per heavy atom. The molecule has 1 aliphatic carbocycles. The molecular weight excluding hydrogens is 294 g/mol. The number of rotatable bonds is 7. The molecule has 0 spiro atoms. The van der Waals surface area contributed by atoms with E-state index in [1.165, 1.54) is 0 Å². The molecule has 0 aliphatic heterocycles. The van der Waals surface area contributed by atoms with Gasteiger partial charge in [0.2, 0.25) is 0 Å². The zero-order valence-corrected chi connectivity index (χ0v) is 12.4. The average Bonchev–Trinajstić information content (AvgIpc) is 3.27. The van der Waals surface area contributed by atoms with Crippen LogP contribution in [0.3, 0.4) is 0 Å². The van der Waals surface area contributed by atoms with Crippen LogP contribution in [0.15, 0.2) is 24.3 Å². The molecule has 2 amide bonds. The Morgan fingerprint density at radius 1 is 1.38 bits per heavy atom. The summed E-state index contributed by atoms with van der Waals surface area (Å²) in [5.41, 5.74) is 11.4. The summed E-state index contributed by atoms with van der Waals surface area (Å²) in [6, 6.07) is 6.62. The van der Waals surface area contributed by atoms with Crippen molar-refractivity contribution in [3.63, 3.8) is 0 Å². The van der Waals surface area contributed by atoms with Crippen molar-refractivity contribution < 1.29 is 14.3 Å². The summed E-state index contributed by atoms with van der Waals surface area (Å²) in [6.45, 7) is 0.257. The van der Waals surface area contributed by atoms with Gasteiger partial charge >= 0.3 is 0 Å². The van der Waals surface area contributed by atoms with Gasteiger partial charge in [-0.3, -0.25) is 9.59 Å². The Morgan fingerprint density at radius 2 is 2.10 bits per heavy atom. The minimum Gasteiger partial charge on any atom is -0.484 e. The van der Waals surface area contributed by atoms with Crippen LogP contribution in [0.25, 0.3) is 0 Å². The predicted molar refractivity (Wildman–Crippen MR) is 81.4 cm³/mol. The molecule has 2 rings (SSSR count). The summed E-state index contributed by atoms with van der Waals surface area (Å²) in [5.74, 6) is 0.212. The number of hydrogen-bond donors (Lipinski definition) is 3. The third-order valence-corrected chi connectivity index (χ3v) is 3.20. The summed E-state index contributed by atoms with van der Waals surface area (Å²) in [5, 5.41) is 2.80. The van der Waals surface area contributed by atoms with Gasteiger partial charge in [-0.05, 0) is 37.0 Å². The van der Waals surface area contributed by atoms with Gasteiger partial charge in [0.05, 0.1) is 0 Å². The van der Waals surface area contributed by atoms with Crippen molar-refractivity contribution in [1.29, 1.82) is 0 Å². The number of amides is 2. The number of nitrogens with one attached hydrogen (secondary N) is 1. The van der Waals surface area contributed by atoms with Gasteiger partial charge in [0.1, 0.15) is 5.75 Å². The minimum atomic E-state index is -0.560. The van der Waals surface area contributed by atoms with Crippen molar-refractivity contribution in [3.05, 3.63) is 29.8 Å². The standard InChI is InChI=1S/C14H19N3O3.ClH/c15-12(9-4-5-9)7-17-14(19)10-2-1-3-11(6-10)20-8-13(16)18;/h1-3,6,9,12H,4-5,7-8,15H2,(H2,16,18)(H,17,19);1H. The lowest BCUT2D eigenvalue weighted by Crippen LogP contribution is -2.38. The molecule has 116 valence electrons. The lowest BCUT2D eigenvalue weighted by Gasteiger charge is -2.12. The third kappa shape index (κ3) is 5.61. The number of benzene rings is 1. The van der Waals surface area contributed by atoms with Crippen molar-refractivity contribution in [2.75, 3.05) is 13.2 Å². The zero-order valence-electron chi connectivity index (χ0n) is 11.6. The molecule has 0 bridgehead atoms. The molecule has 5 N–H and O–H groups in total. The first kappa shape index (κ1) is 17.3. The number of carbonyl (C=O) groups is 2. The van der Waals surface area contributed by atoms with Crippen molar-refractivity contribution in [2.45, 2.75) is 18.9 Å². The molecular formula is C14H20ClN3O3. The predicted octanol–water partition coefficient (Wildman–Crippen LogP) is 0.440. The molecule has 7 heteroatoms. The van der Waals surface area contributed by atoms with Crippen LogP contribution in [-0.2, 0) is 4.79 Å². The van der Waals surface area contributed by atoms with E-state index in [-0.39, 0.29) is 31.0 Å². The van der Waals surface area contributed by atoms with E-state index < -0.39 is 5.91 Å². The van der Waals surface area contributed by atoms with Gasteiger partial charge in [0.15, 0.2) is 6.61 Å². The lowest BCUT2D eigenvalue weighted by atomic mass is 10.1. The van der Waals surface area contributed by atoms with E-state index in [1.807, 2.05) is 0 Å². The summed E-state index contributed by atoms with van der Waals surface area (Å²) >= 11 is 0. The van der Waals surface area contributed by atoms with Crippen molar-refractivity contribution in [3.8, 4) is 5.75 Å². The fourth-order valence-corrected chi connectivity index (χ4v) is 1.89. The highest BCUT2D eigenvalue weighted by molar-refractivity contribution is 5.94. The molecule has 0 saturated heterocycles. The van der Waals surface area contributed by atoms with Gasteiger partial charge in [0.25, 0.3) is 11.8 Å². The normalized spacial score (nSPS) is 14.7. The van der Waals surface area contributed by atoms with E-state index in [1.54, 1.807) is 24.3 Å². The quantitative estimate of drug-likeness (QED) is 0.678. The van der Waals surface area contributed by atoms with Crippen LogP contribution < -0.4 is 21.5 Å². The van der Waals surface area contributed by atoms with Gasteiger partial charge < -0.3 is 21.5 Å². The SMILES string of the molecule is Cl.NC(=O)COc1cccc(C(=O)NCC(N)C2CC2)c1. The number of ether oxygens (including phenoxy) is 1. The molecule has 6 nitrogen and oxygen atoms in total. The Balaban J connectivity index is 0.00000220. The Hall–Kier alpha value is -1.79. The Kier molecular flexibility index (Phi) is 6.45. The van der Waals surface area contributed by atoms with Gasteiger partial charge in [-0.25, -0.2) is 0 Å². The molecule has 1 fully saturated rings. The molecule has 1 unspecified atom stereocenters. The molecule has 1 atom stereocenters. The summed E-state index contributed by atoms with van der Waals surface area (Å²) in [4.78, 5) is 22.6. The van der Waals surface area contributed by atoms with Crippen molar-refractivity contribution >= 4 is 24.2 Å². The molecule has 21 heavy (non-hydrogen) atoms. The van der Waals surface area contributed by atoms with E-state index in [4.69, 9.17) is 16.2 Å². The first-order valence-corrected chi connectivity index (χ1v) is 6.61. The fraction of sp³-hybridized carbons (Fsp3) is 0.429. The minimum absolute atomic E-state index is 0. The maximum Gasteiger partial charge on any atom is 0.255 e. The van der Waals surface area contributed by atoms with Crippen LogP contribution in [0.1, 0.15) is 23.2 Å². The lowest BCUT2D eigenvalue weighted by molar-refractivity contribution is -0.119. The topological polar surface area (TPSA) is 107 Å². The molecule has 1 aromatic rings. The maximum atomic E-state index is 12.0. The fourth-order valence-electron chi connectivity index (χ4n) is 1.89. The second-order valence-corrected chi connectivity index (χ2v) is 4.99. The number of hydrogen-bond acceptors (Lipinski definition) is 4. The van der Waals surface area contributed by atoms with E-state index >= 15 is 0 Å². The molecule has 0 heterocycles. The number of carbonyl (C=O) groups excluding carboxylic acids is 2. The van der Waals surface area contributed by atoms with E-state index in [2.05, 4.69) is 5.32 Å². The smallest absolute Gasteiger partial charge is 0.255 e. The highest BCUT2D eigenvalue weighted by atomic mass is 35.5. The van der Waals surface area contributed by atoms with E-state index in [0.717, 1.165) is 12.8 Å². The molecule has 1 saturated carbocycles. The molecule has 1 aromatic carbocycles. The van der Waals surface area contributed by atoms with Gasteiger partial charge in [-0.1, -0.05) is 6.07 Å². The third-order valence-electron chi connectivity index (χ3n) is 3.20. The van der Waals surface area contributed by atoms with Crippen molar-refractivity contribution in [1.82, 2.24) is 5.32 Å². The highest BCUT2D eigenvalue weighted by Crippen LogP contribution is 2.31. The Bertz CT molecular complexity index is 506. The van der Waals surface area contributed by atoms with Crippen LogP contribution in [0.2, 0.25) is 0 Å². The Labute approximate surface area is 129 Å². The van der Waals surface area contributed by atoms with Crippen LogP contribution in [0.5, 0.6) is 5.75 Å². The number of primary amides is 1. The second kappa shape index (κ2) is 7.85. The average molecular weight is 314 g/mol. The maximum absolute atomic E-state index is 12.0. The van der Waals surface area contributed by atoms with Gasteiger partial charge in [-0.15, -0.1) is 12.4 Å². The van der Waals surface area contributed by atoms with E-state index in [9.17, 15) is 9.59 Å². The summed E-state index contributed by atoms with van der Waals surface area (Å²) in [7, 11) is 0. The molecule has 1 aliphatic rings. The van der Waals surface area contributed by atoms with E-state index in [0.29, 0.717) is 23.8 Å². The second-order valence-electron chi connectivity index (χ2n) is 4.99. The van der Waals surface area contributed by atoms with Crippen molar-refractivity contribution in [2.24, 2.45) is 17.4 Å². The summed E-state index contributed by atoms with van der Waals surface area (Å²) in [6.07, 6.45) is 2.29. The number of halogens is 1. The zero-order chi connectivity index (χ0) is 14.5.